The number of methoxy groups -OCH3 is 1. The monoisotopic (exact) mass is 357 g/mol. The summed E-state index contributed by atoms with van der Waals surface area (Å²) in [5.74, 6) is 1.01. The van der Waals surface area contributed by atoms with Crippen LogP contribution in [-0.2, 0) is 0 Å². The van der Waals surface area contributed by atoms with Crippen molar-refractivity contribution in [3.8, 4) is 17.3 Å². The van der Waals surface area contributed by atoms with E-state index in [0.29, 0.717) is 23.1 Å². The van der Waals surface area contributed by atoms with E-state index < -0.39 is 4.92 Å². The Morgan fingerprint density at radius 2 is 2.04 bits per heavy atom. The van der Waals surface area contributed by atoms with Gasteiger partial charge in [-0.15, -0.1) is 0 Å². The summed E-state index contributed by atoms with van der Waals surface area (Å²) >= 11 is 6.04. The van der Waals surface area contributed by atoms with Crippen molar-refractivity contribution in [1.82, 2.24) is 15.0 Å². The van der Waals surface area contributed by atoms with Crippen LogP contribution in [0.15, 0.2) is 48.7 Å². The number of pyridine rings is 1. The summed E-state index contributed by atoms with van der Waals surface area (Å²) in [7, 11) is 1.44. The molecular weight excluding hydrogens is 346 g/mol. The molecule has 9 heteroatoms. The Balaban J connectivity index is 1.99. The molecular formula is C16H12ClN5O3. The number of nitrogens with one attached hydrogen (secondary N) is 1. The number of halogens is 1. The van der Waals surface area contributed by atoms with Crippen molar-refractivity contribution in [1.29, 1.82) is 0 Å². The fourth-order valence-corrected chi connectivity index (χ4v) is 2.31. The van der Waals surface area contributed by atoms with Crippen molar-refractivity contribution in [2.45, 2.75) is 0 Å². The molecule has 0 bridgehead atoms. The number of nitro groups is 1. The van der Waals surface area contributed by atoms with Crippen LogP contribution in [0.2, 0.25) is 5.15 Å². The molecule has 3 rings (SSSR count). The zero-order valence-electron chi connectivity index (χ0n) is 13.0. The normalized spacial score (nSPS) is 10.3. The zero-order valence-corrected chi connectivity index (χ0v) is 13.8. The van der Waals surface area contributed by atoms with Gasteiger partial charge in [0.25, 0.3) is 5.69 Å². The second-order valence-electron chi connectivity index (χ2n) is 4.88. The first kappa shape index (κ1) is 16.6. The highest BCUT2D eigenvalue weighted by Gasteiger charge is 2.16. The minimum atomic E-state index is -0.507. The van der Waals surface area contributed by atoms with E-state index in [9.17, 15) is 10.1 Å². The van der Waals surface area contributed by atoms with Gasteiger partial charge >= 0.3 is 0 Å². The van der Waals surface area contributed by atoms with Crippen LogP contribution in [-0.4, -0.2) is 27.0 Å². The summed E-state index contributed by atoms with van der Waals surface area (Å²) in [5, 5.41) is 14.4. The predicted octanol–water partition coefficient (Wildman–Crippen LogP) is 3.85. The van der Waals surface area contributed by atoms with E-state index in [2.05, 4.69) is 20.3 Å². The molecule has 0 atom stereocenters. The van der Waals surface area contributed by atoms with E-state index in [1.165, 1.54) is 25.3 Å². The highest BCUT2D eigenvalue weighted by atomic mass is 35.5. The standard InChI is InChI=1S/C16H12ClN5O3/c1-25-10-5-6-11(13(8-10)22(23)24)19-15-9-14(17)20-16(21-15)12-4-2-3-7-18-12/h2-9H,1H3,(H,19,20,21). The molecule has 1 N–H and O–H groups in total. The van der Waals surface area contributed by atoms with Gasteiger partial charge in [0, 0.05) is 12.3 Å². The number of anilines is 2. The fourth-order valence-electron chi connectivity index (χ4n) is 2.12. The Bertz CT molecular complexity index is 921. The Morgan fingerprint density at radius 1 is 1.20 bits per heavy atom. The van der Waals surface area contributed by atoms with Gasteiger partial charge in [-0.3, -0.25) is 15.1 Å². The Kier molecular flexibility index (Phi) is 4.71. The number of aromatic nitrogens is 3. The Hall–Kier alpha value is -3.26. The van der Waals surface area contributed by atoms with Crippen molar-refractivity contribution in [2.24, 2.45) is 0 Å². The van der Waals surface area contributed by atoms with Gasteiger partial charge in [0.05, 0.1) is 18.1 Å². The van der Waals surface area contributed by atoms with Crippen molar-refractivity contribution in [2.75, 3.05) is 12.4 Å². The number of rotatable bonds is 5. The molecule has 0 aliphatic rings. The first-order valence-corrected chi connectivity index (χ1v) is 7.50. The first-order valence-electron chi connectivity index (χ1n) is 7.12. The average molecular weight is 358 g/mol. The zero-order chi connectivity index (χ0) is 17.8. The summed E-state index contributed by atoms with van der Waals surface area (Å²) in [6.07, 6.45) is 1.61. The average Bonchev–Trinajstić information content (AvgIpc) is 2.62. The molecule has 3 aromatic rings. The van der Waals surface area contributed by atoms with Crippen molar-refractivity contribution in [3.05, 3.63) is 63.9 Å². The molecule has 0 amide bonds. The first-order chi connectivity index (χ1) is 12.1. The van der Waals surface area contributed by atoms with E-state index in [1.54, 1.807) is 30.5 Å². The quantitative estimate of drug-likeness (QED) is 0.420. The van der Waals surface area contributed by atoms with E-state index in [1.807, 2.05) is 0 Å². The molecule has 0 unspecified atom stereocenters. The van der Waals surface area contributed by atoms with Gasteiger partial charge in [0.2, 0.25) is 0 Å². The molecule has 0 aliphatic carbocycles. The summed E-state index contributed by atoms with van der Waals surface area (Å²) in [4.78, 5) is 23.4. The van der Waals surface area contributed by atoms with Gasteiger partial charge in [-0.1, -0.05) is 17.7 Å². The third kappa shape index (κ3) is 3.81. The third-order valence-electron chi connectivity index (χ3n) is 3.25. The number of hydrogen-bond donors (Lipinski definition) is 1. The maximum Gasteiger partial charge on any atom is 0.296 e. The topological polar surface area (TPSA) is 103 Å². The maximum atomic E-state index is 11.3. The molecule has 8 nitrogen and oxygen atoms in total. The van der Waals surface area contributed by atoms with Crippen LogP contribution in [0.4, 0.5) is 17.2 Å². The third-order valence-corrected chi connectivity index (χ3v) is 3.45. The Morgan fingerprint density at radius 3 is 2.72 bits per heavy atom. The minimum Gasteiger partial charge on any atom is -0.496 e. The molecule has 0 saturated heterocycles. The van der Waals surface area contributed by atoms with Gasteiger partial charge < -0.3 is 10.1 Å². The van der Waals surface area contributed by atoms with Gasteiger partial charge in [-0.05, 0) is 24.3 Å². The molecule has 0 fully saturated rings. The molecule has 0 saturated carbocycles. The second-order valence-corrected chi connectivity index (χ2v) is 5.27. The lowest BCUT2D eigenvalue weighted by Gasteiger charge is -2.09. The minimum absolute atomic E-state index is 0.145. The van der Waals surface area contributed by atoms with E-state index >= 15 is 0 Å². The fraction of sp³-hybridized carbons (Fsp3) is 0.0625. The van der Waals surface area contributed by atoms with Gasteiger partial charge in [0.15, 0.2) is 5.82 Å². The second kappa shape index (κ2) is 7.10. The molecule has 126 valence electrons. The molecule has 0 aliphatic heterocycles. The van der Waals surface area contributed by atoms with Crippen LogP contribution in [0.3, 0.4) is 0 Å². The van der Waals surface area contributed by atoms with Crippen LogP contribution in [0.25, 0.3) is 11.5 Å². The van der Waals surface area contributed by atoms with Crippen LogP contribution in [0.5, 0.6) is 5.75 Å². The van der Waals surface area contributed by atoms with Crippen LogP contribution in [0.1, 0.15) is 0 Å². The molecule has 2 heterocycles. The SMILES string of the molecule is COc1ccc(Nc2cc(Cl)nc(-c3ccccn3)n2)c([N+](=O)[O-])c1. The number of benzene rings is 1. The number of nitrogens with zero attached hydrogens (tertiary/aromatic N) is 4. The number of nitro benzene ring substituents is 1. The lowest BCUT2D eigenvalue weighted by molar-refractivity contribution is -0.384. The van der Waals surface area contributed by atoms with Crippen LogP contribution < -0.4 is 10.1 Å². The highest BCUT2D eigenvalue weighted by Crippen LogP contribution is 2.31. The van der Waals surface area contributed by atoms with Gasteiger partial charge in [0.1, 0.15) is 28.1 Å². The van der Waals surface area contributed by atoms with Crippen molar-refractivity contribution >= 4 is 28.8 Å². The lowest BCUT2D eigenvalue weighted by Crippen LogP contribution is -2.01. The predicted molar refractivity (Wildman–Crippen MR) is 93.2 cm³/mol. The summed E-state index contributed by atoms with van der Waals surface area (Å²) in [5.41, 5.74) is 0.651. The number of ether oxygens (including phenoxy) is 1. The molecule has 0 radical (unpaired) electrons. The van der Waals surface area contributed by atoms with Crippen LogP contribution >= 0.6 is 11.6 Å². The molecule has 25 heavy (non-hydrogen) atoms. The van der Waals surface area contributed by atoms with E-state index in [4.69, 9.17) is 16.3 Å². The van der Waals surface area contributed by atoms with Crippen LogP contribution in [0, 0.1) is 10.1 Å². The van der Waals surface area contributed by atoms with E-state index in [0.717, 1.165) is 0 Å². The Labute approximate surface area is 147 Å². The van der Waals surface area contributed by atoms with Gasteiger partial charge in [-0.25, -0.2) is 9.97 Å². The van der Waals surface area contributed by atoms with E-state index in [-0.39, 0.29) is 16.5 Å². The summed E-state index contributed by atoms with van der Waals surface area (Å²) in [6, 6.07) is 11.3. The summed E-state index contributed by atoms with van der Waals surface area (Å²) in [6.45, 7) is 0. The summed E-state index contributed by atoms with van der Waals surface area (Å²) < 4.78 is 5.02. The molecule has 0 spiro atoms. The molecule has 1 aromatic carbocycles. The van der Waals surface area contributed by atoms with Crippen molar-refractivity contribution < 1.29 is 9.66 Å². The van der Waals surface area contributed by atoms with Gasteiger partial charge in [-0.2, -0.15) is 0 Å². The molecule has 2 aromatic heterocycles. The maximum absolute atomic E-state index is 11.3. The highest BCUT2D eigenvalue weighted by molar-refractivity contribution is 6.29. The lowest BCUT2D eigenvalue weighted by atomic mass is 10.2. The van der Waals surface area contributed by atoms with Crippen molar-refractivity contribution in [3.63, 3.8) is 0 Å². The largest absolute Gasteiger partial charge is 0.496 e. The number of hydrogen-bond acceptors (Lipinski definition) is 7. The smallest absolute Gasteiger partial charge is 0.296 e.